The van der Waals surface area contributed by atoms with Gasteiger partial charge in [0, 0.05) is 37.7 Å². The van der Waals surface area contributed by atoms with Crippen LogP contribution in [0.3, 0.4) is 0 Å². The molecule has 0 spiro atoms. The molecule has 1 aromatic heterocycles. The third-order valence-corrected chi connectivity index (χ3v) is 23.2. The summed E-state index contributed by atoms with van der Waals surface area (Å²) in [6, 6.07) is -26.3. The summed E-state index contributed by atoms with van der Waals surface area (Å²) in [6.45, 7) is 16.6. The van der Waals surface area contributed by atoms with Gasteiger partial charge >= 0.3 is 17.9 Å². The minimum atomic E-state index is -1.90. The van der Waals surface area contributed by atoms with Gasteiger partial charge in [0.2, 0.25) is 106 Å². The standard InChI is InChI=1S/C87H154N28O27/c1-14-44(9)66(82(138)108-56(34-49-36-94-40-98-49)75(131)104-53(26-28-63(123)124)74(130)113-67(45(10)15-2)84(140)115-32-20-24-59(115)79(135)106-54(85(141)142)23-19-31-96-87(92)93)112-78(134)58(39-117)109-72(128)50(22-18-30-95-86(90)91)101-61(120)37-97-69(125)46(11)99-71(127)52(25-27-62(121)122)103-73(129)51(21-16-17-29-88)105-81(137)65(43(7)8)111-83(139)68(48(13)118)114-70(126)47(12)100-80(136)64(42(5)6)110-76(132)55(33-41(3)4)107-77(133)57(38-116)102-60(119)35-89/h36,40-48,50-59,64-68,86-87,95-96,116-118H,14-35,37-39,88-93H2,1-13H3,(H,94,98)(H,97,125)(H,99,127)(H,100,136)(H,101,120)(H,102,119)(H,103,129)(H,104,131)(H,105,137)(H,106,135)(H,107,133)(H,108,138)(H,109,128)(H,110,132)(H,111,139)(H,112,134)(H,113,130)(H,114,126)(H,121,122)(H,123,124)(H,141,142)/t44-,45-,46-,47-,48+,50-,51-,52-,53-,54-,55-,56-,57-,58-,59-,64-,65-,66-,67-,68-/m0/s1. The van der Waals surface area contributed by atoms with E-state index in [9.17, 15) is 131 Å². The topological polar surface area (TPSA) is 896 Å². The number of H-pyrrole nitrogens is 1. The summed E-state index contributed by atoms with van der Waals surface area (Å²) in [5.74, 6) is -25.2. The maximum Gasteiger partial charge on any atom is 0.326 e. The zero-order valence-corrected chi connectivity index (χ0v) is 82.9. The number of unbranched alkanes of at least 4 members (excludes halogenated alkanes) is 1. The third-order valence-electron chi connectivity index (χ3n) is 23.2. The maximum absolute atomic E-state index is 14.7. The van der Waals surface area contributed by atoms with Crippen LogP contribution in [-0.2, 0) is 107 Å². The number of likely N-dealkylation sites (tertiary alicyclic amines) is 1. The van der Waals surface area contributed by atoms with Gasteiger partial charge in [0.1, 0.15) is 115 Å². The molecule has 804 valence electrons. The highest BCUT2D eigenvalue weighted by atomic mass is 16.4. The molecule has 1 saturated heterocycles. The second-order valence-corrected chi connectivity index (χ2v) is 36.2. The number of hydrogen-bond donors (Lipinski definition) is 32. The number of imidazole rings is 1. The number of amides is 18. The molecule has 2 rings (SSSR count). The van der Waals surface area contributed by atoms with Gasteiger partial charge in [0.25, 0.3) is 0 Å². The lowest BCUT2D eigenvalue weighted by Gasteiger charge is -2.33. The van der Waals surface area contributed by atoms with E-state index in [4.69, 9.17) is 34.4 Å². The van der Waals surface area contributed by atoms with Crippen molar-refractivity contribution in [3.05, 3.63) is 18.2 Å². The molecule has 2 heterocycles. The summed E-state index contributed by atoms with van der Waals surface area (Å²) < 4.78 is 0. The zero-order valence-electron chi connectivity index (χ0n) is 82.9. The van der Waals surface area contributed by atoms with Crippen LogP contribution in [0.5, 0.6) is 0 Å². The Hall–Kier alpha value is -12.4. The van der Waals surface area contributed by atoms with Gasteiger partial charge in [-0.05, 0) is 147 Å². The van der Waals surface area contributed by atoms with Gasteiger partial charge in [-0.1, -0.05) is 82.1 Å². The number of carboxylic acid groups (broad SMARTS) is 3. The summed E-state index contributed by atoms with van der Waals surface area (Å²) in [5, 5.41) is 108. The molecule has 1 aromatic rings. The predicted octanol–water partition coefficient (Wildman–Crippen LogP) is -11.3. The molecule has 55 heteroatoms. The number of nitrogens with two attached hydrogens (primary N) is 6. The first-order valence-corrected chi connectivity index (χ1v) is 47.6. The van der Waals surface area contributed by atoms with E-state index in [1.165, 1.54) is 45.1 Å². The van der Waals surface area contributed by atoms with E-state index in [0.717, 1.165) is 13.8 Å². The SMILES string of the molecule is CC[C@H](C)[C@H](NC(=O)[C@H](CO)NC(=O)[C@H](CCCNC(N)N)NC(=O)CNC(=O)[C@H](C)NC(=O)[C@H](CCC(=O)O)NC(=O)[C@H](CCCCN)NC(=O)[C@@H](NC(=O)[C@@H](NC(=O)[C@H](C)NC(=O)[C@@H](NC(=O)[C@H](CC(C)C)NC(=O)[C@H](CO)NC(=O)CN)C(C)C)[C@@H](C)O)C(C)C)C(=O)N[C@@H](Cc1cnc[nH]1)C(=O)N[C@@H](CCC(=O)O)C(=O)N[C@H](C(=O)N1CCC[C@H]1C(=O)N[C@@H](CCCNC(N)N)C(=O)O)[C@@H](C)CC. The average Bonchev–Trinajstić information content (AvgIpc) is 1.64. The molecule has 1 fully saturated rings. The van der Waals surface area contributed by atoms with Gasteiger partial charge in [-0.25, -0.2) is 9.78 Å². The minimum Gasteiger partial charge on any atom is -0.481 e. The zero-order chi connectivity index (χ0) is 108. The van der Waals surface area contributed by atoms with Crippen molar-refractivity contribution in [2.24, 2.45) is 64.0 Å². The quantitative estimate of drug-likeness (QED) is 0.0213. The first-order valence-electron chi connectivity index (χ1n) is 47.6. The largest absolute Gasteiger partial charge is 0.481 e. The van der Waals surface area contributed by atoms with Crippen molar-refractivity contribution < 1.29 is 131 Å². The summed E-state index contributed by atoms with van der Waals surface area (Å²) >= 11 is 0. The molecular formula is C87H154N28O27. The fourth-order valence-corrected chi connectivity index (χ4v) is 14.5. The van der Waals surface area contributed by atoms with Crippen molar-refractivity contribution in [2.45, 2.75) is 321 Å². The molecule has 1 aliphatic rings. The Kier molecular flexibility index (Phi) is 57.5. The van der Waals surface area contributed by atoms with Gasteiger partial charge in [-0.3, -0.25) is 107 Å². The number of aliphatic hydroxyl groups is 3. The van der Waals surface area contributed by atoms with Crippen molar-refractivity contribution >= 4 is 124 Å². The molecule has 0 radical (unpaired) electrons. The highest BCUT2D eigenvalue weighted by Gasteiger charge is 2.44. The number of aromatic nitrogens is 2. The van der Waals surface area contributed by atoms with Crippen LogP contribution in [0.4, 0.5) is 0 Å². The number of carbonyl (C=O) groups is 21. The number of carboxylic acids is 3. The van der Waals surface area contributed by atoms with Gasteiger partial charge < -0.3 is 165 Å². The molecule has 0 aromatic carbocycles. The van der Waals surface area contributed by atoms with E-state index in [2.05, 4.69) is 111 Å². The summed E-state index contributed by atoms with van der Waals surface area (Å²) in [5.41, 5.74) is 33.7. The number of aliphatic hydroxyl groups excluding tert-OH is 3. The third kappa shape index (κ3) is 45.3. The van der Waals surface area contributed by atoms with E-state index in [0.29, 0.717) is 6.42 Å². The van der Waals surface area contributed by atoms with Gasteiger partial charge in [0.05, 0.1) is 38.7 Å². The Balaban J connectivity index is 2.39. The molecule has 0 saturated carbocycles. The molecular weight excluding hydrogens is 1870 g/mol. The van der Waals surface area contributed by atoms with E-state index < -0.39 is 321 Å². The summed E-state index contributed by atoms with van der Waals surface area (Å²) in [6.07, 6.45) is -2.93. The molecule has 18 amide bonds. The lowest BCUT2D eigenvalue weighted by Crippen LogP contribution is -2.62. The molecule has 38 N–H and O–H groups in total. The van der Waals surface area contributed by atoms with Gasteiger partial charge in [0.15, 0.2) is 0 Å². The van der Waals surface area contributed by atoms with E-state index >= 15 is 0 Å². The molecule has 142 heavy (non-hydrogen) atoms. The van der Waals surface area contributed by atoms with Crippen molar-refractivity contribution in [3.8, 4) is 0 Å². The second-order valence-electron chi connectivity index (χ2n) is 36.2. The van der Waals surface area contributed by atoms with Crippen LogP contribution < -0.4 is 135 Å². The van der Waals surface area contributed by atoms with Crippen molar-refractivity contribution in [3.63, 3.8) is 0 Å². The van der Waals surface area contributed by atoms with Crippen LogP contribution in [0.2, 0.25) is 0 Å². The van der Waals surface area contributed by atoms with Crippen molar-refractivity contribution in [1.29, 1.82) is 0 Å². The average molecular weight is 2020 g/mol. The Morgan fingerprint density at radius 1 is 0.430 bits per heavy atom. The molecule has 0 aliphatic carbocycles. The molecule has 1 aliphatic heterocycles. The molecule has 0 unspecified atom stereocenters. The number of nitrogens with one attached hydrogen (secondary N) is 20. The molecule has 20 atom stereocenters. The maximum atomic E-state index is 14.7. The first-order chi connectivity index (χ1) is 66.7. The van der Waals surface area contributed by atoms with Crippen molar-refractivity contribution in [1.82, 2.24) is 116 Å². The highest BCUT2D eigenvalue weighted by Crippen LogP contribution is 2.24. The molecule has 55 nitrogen and oxygen atoms in total. The number of nitrogens with zero attached hydrogens (tertiary/aromatic N) is 2. The fourth-order valence-electron chi connectivity index (χ4n) is 14.5. The number of aromatic amines is 1. The van der Waals surface area contributed by atoms with Crippen LogP contribution in [-0.4, -0.2) is 344 Å². The van der Waals surface area contributed by atoms with Crippen molar-refractivity contribution in [2.75, 3.05) is 52.5 Å². The van der Waals surface area contributed by atoms with Crippen LogP contribution in [0, 0.1) is 29.6 Å². The smallest absolute Gasteiger partial charge is 0.326 e. The highest BCUT2D eigenvalue weighted by molar-refractivity contribution is 6.02. The van der Waals surface area contributed by atoms with E-state index in [1.54, 1.807) is 48.5 Å². The van der Waals surface area contributed by atoms with Crippen LogP contribution in [0.1, 0.15) is 198 Å². The van der Waals surface area contributed by atoms with Gasteiger partial charge in [-0.15, -0.1) is 0 Å². The minimum absolute atomic E-state index is 0.0261. The van der Waals surface area contributed by atoms with Gasteiger partial charge in [-0.2, -0.15) is 0 Å². The second kappa shape index (κ2) is 64.9. The fraction of sp³-hybridized carbons (Fsp3) is 0.724. The predicted molar refractivity (Wildman–Crippen MR) is 508 cm³/mol. The summed E-state index contributed by atoms with van der Waals surface area (Å²) in [4.78, 5) is 296. The lowest BCUT2D eigenvalue weighted by atomic mass is 9.96. The monoisotopic (exact) mass is 2020 g/mol. The summed E-state index contributed by atoms with van der Waals surface area (Å²) in [7, 11) is 0. The Bertz CT molecular complexity index is 4320. The Morgan fingerprint density at radius 2 is 0.824 bits per heavy atom. The van der Waals surface area contributed by atoms with Crippen LogP contribution >= 0.6 is 0 Å². The van der Waals surface area contributed by atoms with E-state index in [1.807, 2.05) is 0 Å². The Morgan fingerprint density at radius 3 is 1.32 bits per heavy atom. The lowest BCUT2D eigenvalue weighted by molar-refractivity contribution is -0.146. The number of aliphatic carboxylic acids is 3. The number of rotatable bonds is 69. The first kappa shape index (κ1) is 126. The number of carbonyl (C=O) groups excluding carboxylic acids is 18. The van der Waals surface area contributed by atoms with Crippen LogP contribution in [0.15, 0.2) is 12.5 Å². The normalized spacial score (nSPS) is 16.5. The van der Waals surface area contributed by atoms with Crippen LogP contribution in [0.25, 0.3) is 0 Å². The van der Waals surface area contributed by atoms with E-state index in [-0.39, 0.29) is 115 Å². The Labute approximate surface area is 823 Å². The molecule has 0 bridgehead atoms. The number of hydrogen-bond acceptors (Lipinski definition) is 33.